The summed E-state index contributed by atoms with van der Waals surface area (Å²) >= 11 is 0. The van der Waals surface area contributed by atoms with Crippen LogP contribution in [0.3, 0.4) is 0 Å². The van der Waals surface area contributed by atoms with E-state index in [1.165, 1.54) is 19.3 Å². The first-order chi connectivity index (χ1) is 7.12. The van der Waals surface area contributed by atoms with Gasteiger partial charge in [-0.15, -0.1) is 0 Å². The third-order valence-corrected chi connectivity index (χ3v) is 2.73. The van der Waals surface area contributed by atoms with E-state index in [1.807, 2.05) is 0 Å². The Morgan fingerprint density at radius 3 is 2.13 bits per heavy atom. The molecule has 0 aliphatic carbocycles. The number of hydrogen-bond donors (Lipinski definition) is 1. The minimum absolute atomic E-state index is 0.0384. The molecular weight excluding hydrogens is 192 g/mol. The lowest BCUT2D eigenvalue weighted by atomic mass is 10.0. The van der Waals surface area contributed by atoms with Crippen LogP contribution in [0, 0.1) is 0 Å². The molecule has 0 spiro atoms. The molecule has 0 fully saturated rings. The van der Waals surface area contributed by atoms with Gasteiger partial charge in [-0.3, -0.25) is 4.79 Å². The lowest BCUT2D eigenvalue weighted by Crippen LogP contribution is -2.02. The summed E-state index contributed by atoms with van der Waals surface area (Å²) in [5.74, 6) is -0.681. The predicted molar refractivity (Wildman–Crippen MR) is 57.8 cm³/mol. The summed E-state index contributed by atoms with van der Waals surface area (Å²) in [7, 11) is 0. The average Bonchev–Trinajstić information content (AvgIpc) is 2.88. The minimum Gasteiger partial charge on any atom is -0.481 e. The van der Waals surface area contributed by atoms with Gasteiger partial charge in [0, 0.05) is 6.42 Å². The highest BCUT2D eigenvalue weighted by Crippen LogP contribution is 2.32. The fraction of sp³-hybridized carbons (Fsp3) is 0.909. The first-order valence-electron chi connectivity index (χ1n) is 5.78. The quantitative estimate of drug-likeness (QED) is 0.595. The Hall–Kier alpha value is -0.930. The fourth-order valence-electron chi connectivity index (χ4n) is 1.63. The van der Waals surface area contributed by atoms with Crippen LogP contribution in [0.4, 0.5) is 0 Å². The summed E-state index contributed by atoms with van der Waals surface area (Å²) < 4.78 is 0. The number of aliphatic carboxylic acids is 1. The van der Waals surface area contributed by atoms with Gasteiger partial charge in [0.05, 0.1) is 0 Å². The van der Waals surface area contributed by atoms with Crippen LogP contribution in [-0.2, 0) is 4.79 Å². The number of hydrogen-bond acceptors (Lipinski definition) is 3. The first-order valence-corrected chi connectivity index (χ1v) is 5.78. The van der Waals surface area contributed by atoms with Crippen LogP contribution in [-0.4, -0.2) is 16.7 Å². The summed E-state index contributed by atoms with van der Waals surface area (Å²) in [6, 6.07) is 0. The van der Waals surface area contributed by atoms with Crippen molar-refractivity contribution >= 4 is 5.97 Å². The molecule has 0 atom stereocenters. The van der Waals surface area contributed by atoms with Crippen LogP contribution in [0.15, 0.2) is 10.2 Å². The number of unbranched alkanes of at least 4 members (excludes halogenated alkanes) is 5. The monoisotopic (exact) mass is 212 g/mol. The molecule has 1 aliphatic heterocycles. The molecule has 0 aromatic carbocycles. The normalized spacial score (nSPS) is 16.6. The van der Waals surface area contributed by atoms with Gasteiger partial charge in [0.25, 0.3) is 0 Å². The highest BCUT2D eigenvalue weighted by Gasteiger charge is 2.32. The molecule has 0 radical (unpaired) electrons. The molecule has 1 aliphatic rings. The van der Waals surface area contributed by atoms with E-state index in [0.717, 1.165) is 25.7 Å². The molecule has 0 amide bonds. The summed E-state index contributed by atoms with van der Waals surface area (Å²) in [6.07, 6.45) is 8.00. The summed E-state index contributed by atoms with van der Waals surface area (Å²) in [5, 5.41) is 16.4. The van der Waals surface area contributed by atoms with Crippen molar-refractivity contribution in [2.24, 2.45) is 10.2 Å². The summed E-state index contributed by atoms with van der Waals surface area (Å²) in [5.41, 5.74) is -0.0384. The maximum atomic E-state index is 10.2. The number of rotatable bonds is 9. The third-order valence-electron chi connectivity index (χ3n) is 2.73. The van der Waals surface area contributed by atoms with Crippen LogP contribution >= 0.6 is 0 Å². The molecule has 86 valence electrons. The maximum absolute atomic E-state index is 10.2. The Balaban J connectivity index is 1.75. The van der Waals surface area contributed by atoms with Gasteiger partial charge >= 0.3 is 5.97 Å². The van der Waals surface area contributed by atoms with E-state index in [-0.39, 0.29) is 5.66 Å². The lowest BCUT2D eigenvalue weighted by molar-refractivity contribution is -0.137. The average molecular weight is 212 g/mol. The van der Waals surface area contributed by atoms with Crippen molar-refractivity contribution in [1.82, 2.24) is 0 Å². The largest absolute Gasteiger partial charge is 0.481 e. The van der Waals surface area contributed by atoms with E-state index in [1.54, 1.807) is 0 Å². The molecule has 1 rings (SSSR count). The number of nitrogens with zero attached hydrogens (tertiary/aromatic N) is 2. The highest BCUT2D eigenvalue weighted by molar-refractivity contribution is 5.66. The summed E-state index contributed by atoms with van der Waals surface area (Å²) in [6.45, 7) is 2.06. The molecule has 15 heavy (non-hydrogen) atoms. The minimum atomic E-state index is -0.681. The molecule has 4 heteroatoms. The highest BCUT2D eigenvalue weighted by atomic mass is 16.4. The molecule has 1 N–H and O–H groups in total. The van der Waals surface area contributed by atoms with E-state index in [4.69, 9.17) is 5.11 Å². The van der Waals surface area contributed by atoms with E-state index in [2.05, 4.69) is 17.2 Å². The Kier molecular flexibility index (Phi) is 4.72. The lowest BCUT2D eigenvalue weighted by Gasteiger charge is -2.03. The van der Waals surface area contributed by atoms with Gasteiger partial charge in [-0.2, -0.15) is 10.2 Å². The first kappa shape index (κ1) is 12.1. The molecule has 4 nitrogen and oxygen atoms in total. The predicted octanol–water partition coefficient (Wildman–Crippen LogP) is 3.37. The van der Waals surface area contributed by atoms with E-state index < -0.39 is 5.97 Å². The molecule has 0 unspecified atom stereocenters. The van der Waals surface area contributed by atoms with Gasteiger partial charge in [-0.25, -0.2) is 0 Å². The SMILES string of the molecule is CC1(CCCCCCCCC(=O)O)N=N1. The van der Waals surface area contributed by atoms with E-state index >= 15 is 0 Å². The Morgan fingerprint density at radius 2 is 1.60 bits per heavy atom. The van der Waals surface area contributed by atoms with Gasteiger partial charge in [0.2, 0.25) is 0 Å². The second-order valence-corrected chi connectivity index (χ2v) is 4.43. The van der Waals surface area contributed by atoms with Crippen LogP contribution in [0.5, 0.6) is 0 Å². The van der Waals surface area contributed by atoms with Gasteiger partial charge in [-0.05, 0) is 26.2 Å². The van der Waals surface area contributed by atoms with Crippen LogP contribution in [0.25, 0.3) is 0 Å². The molecular formula is C11H20N2O2. The molecule has 1 heterocycles. The fourth-order valence-corrected chi connectivity index (χ4v) is 1.63. The topological polar surface area (TPSA) is 62.0 Å². The number of carboxylic acid groups (broad SMARTS) is 1. The molecule has 0 aromatic rings. The second-order valence-electron chi connectivity index (χ2n) is 4.43. The second kappa shape index (κ2) is 5.83. The Labute approximate surface area is 90.8 Å². The molecule has 0 aromatic heterocycles. The number of carboxylic acids is 1. The standard InChI is InChI=1S/C11H20N2O2/c1-11(12-13-11)9-7-5-3-2-4-6-8-10(14)15/h2-9H2,1H3,(H,14,15). The van der Waals surface area contributed by atoms with Crippen molar-refractivity contribution in [1.29, 1.82) is 0 Å². The van der Waals surface area contributed by atoms with Crippen molar-refractivity contribution < 1.29 is 9.90 Å². The molecule has 0 saturated heterocycles. The third kappa shape index (κ3) is 6.20. The Bertz CT molecular complexity index is 233. The van der Waals surface area contributed by atoms with Crippen molar-refractivity contribution in [2.45, 2.75) is 64.0 Å². The van der Waals surface area contributed by atoms with Gasteiger partial charge in [0.1, 0.15) is 0 Å². The zero-order valence-corrected chi connectivity index (χ0v) is 9.41. The van der Waals surface area contributed by atoms with Crippen molar-refractivity contribution in [2.75, 3.05) is 0 Å². The number of carbonyl (C=O) groups is 1. The van der Waals surface area contributed by atoms with Crippen LogP contribution in [0.1, 0.15) is 58.3 Å². The zero-order chi connectivity index (χ0) is 11.1. The van der Waals surface area contributed by atoms with Crippen LogP contribution in [0.2, 0.25) is 0 Å². The van der Waals surface area contributed by atoms with Crippen molar-refractivity contribution in [3.8, 4) is 0 Å². The van der Waals surface area contributed by atoms with Gasteiger partial charge in [0.15, 0.2) is 5.66 Å². The van der Waals surface area contributed by atoms with Crippen molar-refractivity contribution in [3.63, 3.8) is 0 Å². The zero-order valence-electron chi connectivity index (χ0n) is 9.41. The van der Waals surface area contributed by atoms with Crippen molar-refractivity contribution in [3.05, 3.63) is 0 Å². The van der Waals surface area contributed by atoms with Gasteiger partial charge in [-0.1, -0.05) is 25.7 Å². The van der Waals surface area contributed by atoms with Crippen LogP contribution < -0.4 is 0 Å². The Morgan fingerprint density at radius 1 is 1.07 bits per heavy atom. The smallest absolute Gasteiger partial charge is 0.303 e. The van der Waals surface area contributed by atoms with E-state index in [9.17, 15) is 4.79 Å². The molecule has 0 bridgehead atoms. The van der Waals surface area contributed by atoms with Gasteiger partial charge < -0.3 is 5.11 Å². The maximum Gasteiger partial charge on any atom is 0.303 e. The summed E-state index contributed by atoms with van der Waals surface area (Å²) in [4.78, 5) is 10.2. The van der Waals surface area contributed by atoms with E-state index in [0.29, 0.717) is 6.42 Å². The molecule has 0 saturated carbocycles.